The molecule has 0 atom stereocenters. The number of nitrogens with zero attached hydrogens (tertiary/aromatic N) is 2. The molecule has 3 rings (SSSR count). The first-order valence-electron chi connectivity index (χ1n) is 7.56. The number of hydrogen-bond acceptors (Lipinski definition) is 6. The van der Waals surface area contributed by atoms with Crippen LogP contribution < -0.4 is 5.43 Å². The molecule has 130 valence electrons. The van der Waals surface area contributed by atoms with E-state index >= 15 is 0 Å². The van der Waals surface area contributed by atoms with Crippen molar-refractivity contribution in [1.82, 2.24) is 5.01 Å². The summed E-state index contributed by atoms with van der Waals surface area (Å²) in [5, 5.41) is 12.3. The fourth-order valence-electron chi connectivity index (χ4n) is 2.25. The summed E-state index contributed by atoms with van der Waals surface area (Å²) in [6.45, 7) is 0. The van der Waals surface area contributed by atoms with Crippen molar-refractivity contribution in [1.29, 1.82) is 0 Å². The zero-order valence-corrected chi connectivity index (χ0v) is 15.0. The van der Waals surface area contributed by atoms with Gasteiger partial charge in [-0.2, -0.15) is 0 Å². The zero-order valence-electron chi connectivity index (χ0n) is 13.4. The van der Waals surface area contributed by atoms with E-state index in [1.165, 1.54) is 22.8 Å². The monoisotopic (exact) mass is 383 g/mol. The maximum atomic E-state index is 12.5. The molecule has 1 amide bonds. The lowest BCUT2D eigenvalue weighted by Crippen LogP contribution is -2.33. The molecule has 26 heavy (non-hydrogen) atoms. The Labute approximate surface area is 159 Å². The largest absolute Gasteiger partial charge is 0.290 e. The summed E-state index contributed by atoms with van der Waals surface area (Å²) in [6.07, 6.45) is 4.80. The number of nitrogens with one attached hydrogen (secondary N) is 1. The molecule has 0 aliphatic carbocycles. The maximum Gasteiger partial charge on any atom is 0.285 e. The number of para-hydroxylation sites is 2. The average Bonchev–Trinajstić information content (AvgIpc) is 2.90. The van der Waals surface area contributed by atoms with Crippen LogP contribution in [0.1, 0.15) is 5.56 Å². The highest BCUT2D eigenvalue weighted by molar-refractivity contribution is 8.26. The van der Waals surface area contributed by atoms with E-state index in [0.29, 0.717) is 14.8 Å². The number of nitro benzene ring substituents is 1. The van der Waals surface area contributed by atoms with Crippen molar-refractivity contribution in [2.45, 2.75) is 0 Å². The standard InChI is InChI=1S/C18H13N3O3S2/c22-17-16(12-6-8-13-7-4-5-11-15(13)21(23)24)26-18(25)20(17)19-14-9-2-1-3-10-14/h1-12,19H/b8-6+,16-12+. The molecule has 0 unspecified atom stereocenters. The number of hydrazine groups is 1. The summed E-state index contributed by atoms with van der Waals surface area (Å²) in [7, 11) is 0. The number of allylic oxidation sites excluding steroid dienone is 2. The topological polar surface area (TPSA) is 75.5 Å². The first-order valence-corrected chi connectivity index (χ1v) is 8.78. The normalized spacial score (nSPS) is 15.8. The van der Waals surface area contributed by atoms with Crippen molar-refractivity contribution in [2.75, 3.05) is 5.43 Å². The fraction of sp³-hybridized carbons (Fsp3) is 0. The predicted octanol–water partition coefficient (Wildman–Crippen LogP) is 4.38. The van der Waals surface area contributed by atoms with Gasteiger partial charge in [0.25, 0.3) is 11.6 Å². The fourth-order valence-corrected chi connectivity index (χ4v) is 3.38. The van der Waals surface area contributed by atoms with E-state index in [0.717, 1.165) is 5.69 Å². The van der Waals surface area contributed by atoms with Crippen LogP contribution in [0.25, 0.3) is 6.08 Å². The Morgan fingerprint density at radius 3 is 2.54 bits per heavy atom. The van der Waals surface area contributed by atoms with Gasteiger partial charge < -0.3 is 0 Å². The molecule has 1 fully saturated rings. The van der Waals surface area contributed by atoms with Gasteiger partial charge in [-0.1, -0.05) is 48.2 Å². The first-order chi connectivity index (χ1) is 12.6. The van der Waals surface area contributed by atoms with Crippen molar-refractivity contribution in [3.8, 4) is 0 Å². The number of rotatable bonds is 5. The maximum absolute atomic E-state index is 12.5. The van der Waals surface area contributed by atoms with E-state index in [1.807, 2.05) is 30.3 Å². The van der Waals surface area contributed by atoms with Crippen molar-refractivity contribution >= 4 is 51.7 Å². The van der Waals surface area contributed by atoms with E-state index in [2.05, 4.69) is 5.43 Å². The smallest absolute Gasteiger partial charge is 0.285 e. The number of carbonyl (C=O) groups excluding carboxylic acids is 1. The van der Waals surface area contributed by atoms with E-state index in [-0.39, 0.29) is 11.6 Å². The molecule has 0 aromatic heterocycles. The van der Waals surface area contributed by atoms with Crippen LogP contribution >= 0.6 is 24.0 Å². The summed E-state index contributed by atoms with van der Waals surface area (Å²) >= 11 is 6.41. The second-order valence-corrected chi connectivity index (χ2v) is 6.87. The van der Waals surface area contributed by atoms with Gasteiger partial charge in [-0.25, -0.2) is 5.01 Å². The molecule has 0 spiro atoms. The molecule has 0 saturated carbocycles. The van der Waals surface area contributed by atoms with E-state index in [4.69, 9.17) is 12.2 Å². The van der Waals surface area contributed by atoms with E-state index in [9.17, 15) is 14.9 Å². The number of carbonyl (C=O) groups is 1. The molecular formula is C18H13N3O3S2. The van der Waals surface area contributed by atoms with Crippen molar-refractivity contribution in [2.24, 2.45) is 0 Å². The first kappa shape index (κ1) is 17.8. The second kappa shape index (κ2) is 7.94. The van der Waals surface area contributed by atoms with Crippen molar-refractivity contribution in [3.05, 3.63) is 87.3 Å². The number of thioether (sulfide) groups is 1. The summed E-state index contributed by atoms with van der Waals surface area (Å²) in [5.74, 6) is -0.268. The molecule has 0 radical (unpaired) electrons. The molecule has 1 aliphatic rings. The number of hydrogen-bond donors (Lipinski definition) is 1. The molecule has 2 aromatic carbocycles. The van der Waals surface area contributed by atoms with Crippen LogP contribution in [0.3, 0.4) is 0 Å². The van der Waals surface area contributed by atoms with E-state index in [1.54, 1.807) is 36.4 Å². The Hall–Kier alpha value is -2.97. The van der Waals surface area contributed by atoms with Gasteiger partial charge in [0.1, 0.15) is 0 Å². The summed E-state index contributed by atoms with van der Waals surface area (Å²) in [4.78, 5) is 23.5. The predicted molar refractivity (Wildman–Crippen MR) is 107 cm³/mol. The van der Waals surface area contributed by atoms with Gasteiger partial charge >= 0.3 is 0 Å². The molecule has 1 saturated heterocycles. The molecule has 2 aromatic rings. The van der Waals surface area contributed by atoms with Gasteiger partial charge in [0.05, 0.1) is 21.1 Å². The third kappa shape index (κ3) is 3.98. The molecule has 6 nitrogen and oxygen atoms in total. The molecule has 1 N–H and O–H groups in total. The number of anilines is 1. The van der Waals surface area contributed by atoms with E-state index < -0.39 is 4.92 Å². The molecule has 1 heterocycles. The Bertz CT molecular complexity index is 926. The highest BCUT2D eigenvalue weighted by Gasteiger charge is 2.32. The van der Waals surface area contributed by atoms with Crippen molar-refractivity contribution < 1.29 is 9.72 Å². The minimum absolute atomic E-state index is 0.00967. The van der Waals surface area contributed by atoms with Crippen LogP contribution in [-0.4, -0.2) is 20.2 Å². The molecule has 0 bridgehead atoms. The number of amides is 1. The highest BCUT2D eigenvalue weighted by Crippen LogP contribution is 2.31. The van der Waals surface area contributed by atoms with Crippen molar-refractivity contribution in [3.63, 3.8) is 0 Å². The molecule has 8 heteroatoms. The van der Waals surface area contributed by atoms with Crippen LogP contribution in [0.2, 0.25) is 0 Å². The Morgan fingerprint density at radius 2 is 1.81 bits per heavy atom. The summed E-state index contributed by atoms with van der Waals surface area (Å²) in [6, 6.07) is 15.6. The minimum atomic E-state index is -0.442. The van der Waals surface area contributed by atoms with Gasteiger partial charge in [-0.3, -0.25) is 20.3 Å². The number of nitro groups is 1. The third-order valence-corrected chi connectivity index (χ3v) is 4.79. The van der Waals surface area contributed by atoms with Crippen LogP contribution in [0.4, 0.5) is 11.4 Å². The number of thiocarbonyl (C=S) groups is 1. The van der Waals surface area contributed by atoms with Gasteiger partial charge in [-0.15, -0.1) is 0 Å². The second-order valence-electron chi connectivity index (χ2n) is 5.19. The van der Waals surface area contributed by atoms with Gasteiger partial charge in [-0.05, 0) is 42.6 Å². The van der Waals surface area contributed by atoms with Crippen LogP contribution in [-0.2, 0) is 4.79 Å². The summed E-state index contributed by atoms with van der Waals surface area (Å²) < 4.78 is 0.393. The highest BCUT2D eigenvalue weighted by atomic mass is 32.2. The lowest BCUT2D eigenvalue weighted by Gasteiger charge is -2.16. The minimum Gasteiger partial charge on any atom is -0.290 e. The quantitative estimate of drug-likeness (QED) is 0.357. The Morgan fingerprint density at radius 1 is 1.12 bits per heavy atom. The van der Waals surface area contributed by atoms with Crippen LogP contribution in [0.15, 0.2) is 71.7 Å². The average molecular weight is 383 g/mol. The van der Waals surface area contributed by atoms with Crippen LogP contribution in [0, 0.1) is 10.1 Å². The SMILES string of the molecule is O=C1/C(=C\C=C\c2ccccc2[N+](=O)[O-])SC(=S)N1Nc1ccccc1. The van der Waals surface area contributed by atoms with Gasteiger partial charge in [0.15, 0.2) is 4.32 Å². The van der Waals surface area contributed by atoms with Gasteiger partial charge in [0, 0.05) is 6.07 Å². The molecular weight excluding hydrogens is 370 g/mol. The lowest BCUT2D eigenvalue weighted by atomic mass is 10.1. The molecule has 1 aliphatic heterocycles. The number of benzene rings is 2. The third-order valence-electron chi connectivity index (χ3n) is 3.47. The Kier molecular flexibility index (Phi) is 5.45. The summed E-state index contributed by atoms with van der Waals surface area (Å²) in [5.41, 5.74) is 4.19. The Balaban J connectivity index is 1.75. The van der Waals surface area contributed by atoms with Crippen LogP contribution in [0.5, 0.6) is 0 Å². The lowest BCUT2D eigenvalue weighted by molar-refractivity contribution is -0.385. The van der Waals surface area contributed by atoms with Gasteiger partial charge in [0.2, 0.25) is 0 Å². The zero-order chi connectivity index (χ0) is 18.5.